The number of carbonyl (C=O) groups is 1. The molecule has 5 nitrogen and oxygen atoms in total. The molecule has 3 rings (SSSR count). The molecular formula is C22H27BrF2N2O3SSi. The predicted octanol–water partition coefficient (Wildman–Crippen LogP) is 5.68. The molecule has 2 aliphatic rings. The molecule has 1 amide bonds. The number of hydrogen-bond acceptors (Lipinski definition) is 5. The van der Waals surface area contributed by atoms with Gasteiger partial charge in [-0.1, -0.05) is 41.5 Å². The summed E-state index contributed by atoms with van der Waals surface area (Å²) in [6.45, 7) is 8.02. The molecule has 0 spiro atoms. The van der Waals surface area contributed by atoms with E-state index in [4.69, 9.17) is 9.47 Å². The first kappa shape index (κ1) is 25.2. The van der Waals surface area contributed by atoms with Gasteiger partial charge < -0.3 is 9.47 Å². The molecule has 1 aliphatic carbocycles. The van der Waals surface area contributed by atoms with Gasteiger partial charge in [-0.25, -0.2) is 18.6 Å². The highest BCUT2D eigenvalue weighted by molar-refractivity contribution is 9.10. The van der Waals surface area contributed by atoms with E-state index < -0.39 is 36.9 Å². The van der Waals surface area contributed by atoms with Crippen molar-refractivity contribution in [1.29, 1.82) is 0 Å². The molecule has 0 bridgehead atoms. The summed E-state index contributed by atoms with van der Waals surface area (Å²) in [4.78, 5) is 16.7. The van der Waals surface area contributed by atoms with Crippen LogP contribution in [0, 0.1) is 23.6 Å². The Morgan fingerprint density at radius 2 is 2.19 bits per heavy atom. The van der Waals surface area contributed by atoms with Gasteiger partial charge in [-0.3, -0.25) is 5.32 Å². The number of nitrogens with zero attached hydrogens (tertiary/aromatic N) is 1. The number of alkyl halides is 1. The maximum Gasteiger partial charge on any atom is 0.416 e. The van der Waals surface area contributed by atoms with Gasteiger partial charge in [-0.15, -0.1) is 5.92 Å². The summed E-state index contributed by atoms with van der Waals surface area (Å²) in [7, 11) is -1.22. The van der Waals surface area contributed by atoms with Crippen molar-refractivity contribution in [1.82, 2.24) is 5.32 Å². The van der Waals surface area contributed by atoms with Gasteiger partial charge in [-0.05, 0) is 49.3 Å². The van der Waals surface area contributed by atoms with E-state index in [-0.39, 0.29) is 23.4 Å². The zero-order valence-electron chi connectivity index (χ0n) is 18.6. The molecule has 3 atom stereocenters. The number of ether oxygens (including phenoxy) is 2. The lowest BCUT2D eigenvalue weighted by atomic mass is 9.85. The normalized spacial score (nSPS) is 26.3. The molecule has 0 aromatic heterocycles. The van der Waals surface area contributed by atoms with Crippen LogP contribution in [0.25, 0.3) is 0 Å². The fraction of sp³-hybridized carbons (Fsp3) is 0.545. The third kappa shape index (κ3) is 5.55. The van der Waals surface area contributed by atoms with E-state index in [0.717, 1.165) is 6.04 Å². The number of benzene rings is 1. The maximum absolute atomic E-state index is 14.8. The topological polar surface area (TPSA) is 59.9 Å². The van der Waals surface area contributed by atoms with Gasteiger partial charge in [0.1, 0.15) is 24.8 Å². The Kier molecular flexibility index (Phi) is 7.75. The minimum Gasteiger partial charge on any atom is -0.385 e. The average Bonchev–Trinajstić information content (AvgIpc) is 3.43. The van der Waals surface area contributed by atoms with Crippen molar-refractivity contribution in [3.8, 4) is 11.8 Å². The minimum absolute atomic E-state index is 0.00168. The number of hydrogen-bond donors (Lipinski definition) is 1. The number of amides is 1. The lowest BCUT2D eigenvalue weighted by Crippen LogP contribution is -2.40. The molecular weight excluding hydrogens is 518 g/mol. The van der Waals surface area contributed by atoms with Gasteiger partial charge >= 0.3 is 6.09 Å². The van der Waals surface area contributed by atoms with Crippen molar-refractivity contribution in [3.63, 3.8) is 0 Å². The highest BCUT2D eigenvalue weighted by atomic mass is 79.9. The summed E-state index contributed by atoms with van der Waals surface area (Å²) in [5.74, 6) is 5.08. The van der Waals surface area contributed by atoms with Crippen LogP contribution in [-0.2, 0) is 15.0 Å². The van der Waals surface area contributed by atoms with Crippen LogP contribution in [0.1, 0.15) is 18.9 Å². The van der Waals surface area contributed by atoms with Crippen LogP contribution in [0.4, 0.5) is 13.6 Å². The first-order valence-corrected chi connectivity index (χ1v) is 15.6. The van der Waals surface area contributed by atoms with Crippen LogP contribution >= 0.6 is 27.7 Å². The molecule has 1 fully saturated rings. The first-order chi connectivity index (χ1) is 15.0. The minimum atomic E-state index is -1.51. The SMILES string of the molecule is CC#C[C@]12C[C@H]1[C@@](CF)(c1cc(Br)ccc1F)N=C(OC(=O)NCOCC[Si](C)(C)C)S2. The number of carbonyl (C=O) groups excluding carboxylic acids is 1. The Bertz CT molecular complexity index is 978. The Morgan fingerprint density at radius 1 is 1.44 bits per heavy atom. The highest BCUT2D eigenvalue weighted by Crippen LogP contribution is 2.66. The van der Waals surface area contributed by atoms with E-state index in [9.17, 15) is 13.6 Å². The molecule has 32 heavy (non-hydrogen) atoms. The Labute approximate surface area is 201 Å². The molecule has 1 aromatic rings. The van der Waals surface area contributed by atoms with Crippen molar-refractivity contribution in [2.75, 3.05) is 20.0 Å². The van der Waals surface area contributed by atoms with Gasteiger partial charge in [0.15, 0.2) is 0 Å². The second-order valence-corrected chi connectivity index (χ2v) is 16.9. The van der Waals surface area contributed by atoms with Gasteiger partial charge in [-0.2, -0.15) is 0 Å². The van der Waals surface area contributed by atoms with Crippen molar-refractivity contribution >= 4 is 47.1 Å². The lowest BCUT2D eigenvalue weighted by Gasteiger charge is -2.33. The molecule has 0 unspecified atom stereocenters. The van der Waals surface area contributed by atoms with Gasteiger partial charge in [0.05, 0.1) is 4.75 Å². The molecule has 1 heterocycles. The van der Waals surface area contributed by atoms with Crippen LogP contribution in [0.15, 0.2) is 27.7 Å². The number of thioether (sulfide) groups is 1. The molecule has 1 saturated carbocycles. The Morgan fingerprint density at radius 3 is 2.84 bits per heavy atom. The van der Waals surface area contributed by atoms with E-state index in [1.165, 1.54) is 23.9 Å². The summed E-state index contributed by atoms with van der Waals surface area (Å²) in [6, 6.07) is 5.32. The Hall–Kier alpha value is -1.41. The third-order valence-electron chi connectivity index (χ3n) is 5.48. The standard InChI is InChI=1S/C22H27BrF2N2O3SSi/c1-5-8-21-12-18(21)22(13-24,16-11-15(23)6-7-17(16)25)27-20(31-21)30-19(28)26-14-29-9-10-32(2,3)4/h6-7,11,18H,9-10,12-14H2,1-4H3,(H,26,28)/t18-,21+,22-/m1/s1. The smallest absolute Gasteiger partial charge is 0.385 e. The van der Waals surface area contributed by atoms with E-state index in [1.54, 1.807) is 13.0 Å². The van der Waals surface area contributed by atoms with Crippen molar-refractivity contribution < 1.29 is 23.0 Å². The summed E-state index contributed by atoms with van der Waals surface area (Å²) in [5, 5.41) is 2.49. The van der Waals surface area contributed by atoms with Crippen LogP contribution in [0.3, 0.4) is 0 Å². The monoisotopic (exact) mass is 544 g/mol. The largest absolute Gasteiger partial charge is 0.416 e. The molecule has 1 aromatic carbocycles. The first-order valence-electron chi connectivity index (χ1n) is 10.3. The van der Waals surface area contributed by atoms with E-state index in [2.05, 4.69) is 57.7 Å². The summed E-state index contributed by atoms with van der Waals surface area (Å²) < 4.78 is 40.1. The van der Waals surface area contributed by atoms with Crippen LogP contribution in [-0.4, -0.2) is 44.2 Å². The van der Waals surface area contributed by atoms with Crippen molar-refractivity contribution in [3.05, 3.63) is 34.1 Å². The summed E-state index contributed by atoms with van der Waals surface area (Å²) >= 11 is 4.51. The maximum atomic E-state index is 14.8. The number of alkyl carbamates (subject to hydrolysis) is 1. The zero-order chi connectivity index (χ0) is 23.6. The van der Waals surface area contributed by atoms with Gasteiger partial charge in [0, 0.05) is 30.6 Å². The fourth-order valence-corrected chi connectivity index (χ4v) is 6.19. The number of aliphatic imine (C=N–C) groups is 1. The second-order valence-electron chi connectivity index (χ2n) is 9.11. The van der Waals surface area contributed by atoms with Gasteiger partial charge in [0.2, 0.25) is 0 Å². The van der Waals surface area contributed by atoms with Crippen LogP contribution in [0.2, 0.25) is 25.7 Å². The quantitative estimate of drug-likeness (QED) is 0.208. The molecule has 174 valence electrons. The molecule has 1 N–H and O–H groups in total. The number of halogens is 3. The number of fused-ring (bicyclic) bond motifs is 1. The average molecular weight is 546 g/mol. The van der Waals surface area contributed by atoms with Gasteiger partial charge in [0.25, 0.3) is 5.23 Å². The fourth-order valence-electron chi connectivity index (χ4n) is 3.70. The summed E-state index contributed by atoms with van der Waals surface area (Å²) in [6.07, 6.45) is -0.239. The second kappa shape index (κ2) is 9.83. The Balaban J connectivity index is 1.78. The molecule has 10 heteroatoms. The highest BCUT2D eigenvalue weighted by Gasteiger charge is 2.69. The number of rotatable bonds is 7. The van der Waals surface area contributed by atoms with Crippen molar-refractivity contribution in [2.45, 2.75) is 49.3 Å². The van der Waals surface area contributed by atoms with Crippen LogP contribution in [0.5, 0.6) is 0 Å². The summed E-state index contributed by atoms with van der Waals surface area (Å²) in [5.41, 5.74) is -1.39. The van der Waals surface area contributed by atoms with E-state index in [0.29, 0.717) is 17.5 Å². The third-order valence-corrected chi connectivity index (χ3v) is 8.94. The number of nitrogens with one attached hydrogen (secondary N) is 1. The zero-order valence-corrected chi connectivity index (χ0v) is 22.0. The lowest BCUT2D eigenvalue weighted by molar-refractivity contribution is 0.120. The van der Waals surface area contributed by atoms with E-state index in [1.807, 2.05) is 0 Å². The van der Waals surface area contributed by atoms with Crippen molar-refractivity contribution in [2.24, 2.45) is 10.9 Å². The van der Waals surface area contributed by atoms with Crippen LogP contribution < -0.4 is 5.32 Å². The molecule has 1 aliphatic heterocycles. The molecule has 0 radical (unpaired) electrons. The molecule has 0 saturated heterocycles. The van der Waals surface area contributed by atoms with E-state index >= 15 is 0 Å². The predicted molar refractivity (Wildman–Crippen MR) is 130 cm³/mol.